The van der Waals surface area contributed by atoms with Crippen LogP contribution in [0.2, 0.25) is 0 Å². The van der Waals surface area contributed by atoms with Gasteiger partial charge in [-0.05, 0) is 0 Å². The Hall–Kier alpha value is -1.63. The van der Waals surface area contributed by atoms with Crippen molar-refractivity contribution in [1.82, 2.24) is 4.90 Å². The van der Waals surface area contributed by atoms with Crippen molar-refractivity contribution in [3.63, 3.8) is 0 Å². The van der Waals surface area contributed by atoms with E-state index < -0.39 is 0 Å². The Kier molecular flexibility index (Phi) is 9.83. The van der Waals surface area contributed by atoms with Gasteiger partial charge >= 0.3 is 0 Å². The van der Waals surface area contributed by atoms with E-state index in [1.807, 2.05) is 12.1 Å². The molecule has 0 rings (SSSR count). The van der Waals surface area contributed by atoms with Crippen LogP contribution in [0.4, 0.5) is 0 Å². The van der Waals surface area contributed by atoms with E-state index in [2.05, 4.69) is 0 Å². The maximum Gasteiger partial charge on any atom is 0.224 e. The Balaban J connectivity index is 3.95. The molecule has 0 saturated carbocycles. The molecule has 0 fully saturated rings. The summed E-state index contributed by atoms with van der Waals surface area (Å²) in [6, 6.07) is 3.96. The number of carbonyl (C=O) groups is 1. The summed E-state index contributed by atoms with van der Waals surface area (Å²) >= 11 is 0. The molecule has 6 nitrogen and oxygen atoms in total. The summed E-state index contributed by atoms with van der Waals surface area (Å²) in [5, 5.41) is 17.0. The van der Waals surface area contributed by atoms with Crippen LogP contribution in [-0.2, 0) is 9.53 Å². The van der Waals surface area contributed by atoms with E-state index in [0.29, 0.717) is 32.8 Å². The first-order valence-corrected chi connectivity index (χ1v) is 5.55. The first-order chi connectivity index (χ1) is 8.26. The van der Waals surface area contributed by atoms with E-state index in [4.69, 9.17) is 21.0 Å². The molecule has 0 aliphatic carbocycles. The molecule has 0 aliphatic rings. The molecule has 6 heteroatoms. The number of hydrogen-bond acceptors (Lipinski definition) is 5. The fourth-order valence-corrected chi connectivity index (χ4v) is 1.23. The quantitative estimate of drug-likeness (QED) is 0.570. The Bertz CT molecular complexity index is 275. The second-order valence-electron chi connectivity index (χ2n) is 3.35. The van der Waals surface area contributed by atoms with Gasteiger partial charge in [-0.2, -0.15) is 10.5 Å². The predicted octanol–water partition coefficient (Wildman–Crippen LogP) is 0.00776. The molecule has 1 amide bonds. The minimum absolute atomic E-state index is 0.0903. The van der Waals surface area contributed by atoms with Crippen LogP contribution in [0, 0.1) is 22.7 Å². The van der Waals surface area contributed by atoms with Gasteiger partial charge in [0.1, 0.15) is 0 Å². The monoisotopic (exact) mass is 238 g/mol. The number of hydrogen-bond donors (Lipinski definition) is 1. The summed E-state index contributed by atoms with van der Waals surface area (Å²) in [6.45, 7) is 1.93. The van der Waals surface area contributed by atoms with Gasteiger partial charge in [-0.25, -0.2) is 0 Å². The van der Waals surface area contributed by atoms with Gasteiger partial charge in [-0.15, -0.1) is 0 Å². The second-order valence-corrected chi connectivity index (χ2v) is 3.35. The van der Waals surface area contributed by atoms with E-state index in [1.54, 1.807) is 0 Å². The predicted molar refractivity (Wildman–Crippen MR) is 61.5 cm³/mol. The number of rotatable bonds is 9. The fraction of sp³-hybridized carbons (Fsp3) is 0.727. The lowest BCUT2D eigenvalue weighted by atomic mass is 10.3. The van der Waals surface area contributed by atoms with Crippen molar-refractivity contribution in [2.45, 2.75) is 19.3 Å². The van der Waals surface area contributed by atoms with Crippen LogP contribution in [0.5, 0.6) is 0 Å². The Morgan fingerprint density at radius 2 is 1.76 bits per heavy atom. The number of nitriles is 2. The molecule has 0 bridgehead atoms. The first kappa shape index (κ1) is 15.4. The number of nitrogens with two attached hydrogens (primary N) is 1. The number of ether oxygens (including phenoxy) is 1. The zero-order valence-corrected chi connectivity index (χ0v) is 9.89. The van der Waals surface area contributed by atoms with E-state index in [-0.39, 0.29) is 25.2 Å². The van der Waals surface area contributed by atoms with Crippen molar-refractivity contribution in [2.24, 2.45) is 5.73 Å². The molecule has 0 heterocycles. The maximum absolute atomic E-state index is 11.7. The Morgan fingerprint density at radius 3 is 2.24 bits per heavy atom. The lowest BCUT2D eigenvalue weighted by Crippen LogP contribution is -2.33. The van der Waals surface area contributed by atoms with E-state index in [0.717, 1.165) is 0 Å². The average Bonchev–Trinajstić information content (AvgIpc) is 2.34. The van der Waals surface area contributed by atoms with Crippen molar-refractivity contribution in [1.29, 1.82) is 10.5 Å². The van der Waals surface area contributed by atoms with Crippen LogP contribution in [0.15, 0.2) is 0 Å². The average molecular weight is 238 g/mol. The van der Waals surface area contributed by atoms with Crippen molar-refractivity contribution >= 4 is 5.91 Å². The van der Waals surface area contributed by atoms with E-state index in [1.165, 1.54) is 4.90 Å². The third-order valence-electron chi connectivity index (χ3n) is 2.06. The van der Waals surface area contributed by atoms with Crippen LogP contribution in [0.25, 0.3) is 0 Å². The molecule has 0 unspecified atom stereocenters. The topological polar surface area (TPSA) is 103 Å². The summed E-state index contributed by atoms with van der Waals surface area (Å²) in [5.41, 5.74) is 5.24. The van der Waals surface area contributed by atoms with Gasteiger partial charge in [0.15, 0.2) is 0 Å². The molecule has 17 heavy (non-hydrogen) atoms. The number of carbonyl (C=O) groups excluding carboxylic acids is 1. The maximum atomic E-state index is 11.7. The van der Waals surface area contributed by atoms with E-state index >= 15 is 0 Å². The highest BCUT2D eigenvalue weighted by Gasteiger charge is 2.12. The highest BCUT2D eigenvalue weighted by molar-refractivity contribution is 5.76. The van der Waals surface area contributed by atoms with Gasteiger partial charge in [0.25, 0.3) is 0 Å². The highest BCUT2D eigenvalue weighted by atomic mass is 16.5. The standard InChI is InChI=1S/C11H18N4O2/c12-4-1-7-15(8-2-5-13)11(16)3-9-17-10-6-14/h1-3,6-10,14H2. The third kappa shape index (κ3) is 8.21. The van der Waals surface area contributed by atoms with Crippen molar-refractivity contribution in [3.8, 4) is 12.1 Å². The SMILES string of the molecule is N#CCCN(CCC#N)C(=O)CCOCCN. The minimum Gasteiger partial charge on any atom is -0.380 e. The van der Waals surface area contributed by atoms with E-state index in [9.17, 15) is 4.79 Å². The van der Waals surface area contributed by atoms with Crippen LogP contribution < -0.4 is 5.73 Å². The first-order valence-electron chi connectivity index (χ1n) is 5.55. The Labute approximate surface area is 102 Å². The van der Waals surface area contributed by atoms with Crippen molar-refractivity contribution in [3.05, 3.63) is 0 Å². The van der Waals surface area contributed by atoms with Crippen molar-refractivity contribution < 1.29 is 9.53 Å². The Morgan fingerprint density at radius 1 is 1.18 bits per heavy atom. The number of amides is 1. The fourth-order valence-electron chi connectivity index (χ4n) is 1.23. The second kappa shape index (κ2) is 10.9. The summed E-state index contributed by atoms with van der Waals surface area (Å²) < 4.78 is 5.11. The van der Waals surface area contributed by atoms with Gasteiger partial charge in [-0.3, -0.25) is 4.79 Å². The zero-order valence-electron chi connectivity index (χ0n) is 9.89. The largest absolute Gasteiger partial charge is 0.380 e. The normalized spacial score (nSPS) is 9.35. The molecule has 0 saturated heterocycles. The molecule has 0 aromatic heterocycles. The summed E-state index contributed by atoms with van der Waals surface area (Å²) in [6.07, 6.45) is 0.818. The van der Waals surface area contributed by atoms with Gasteiger partial charge in [0.05, 0.1) is 44.6 Å². The van der Waals surface area contributed by atoms with Gasteiger partial charge in [0.2, 0.25) is 5.91 Å². The molecule has 0 aliphatic heterocycles. The third-order valence-corrected chi connectivity index (χ3v) is 2.06. The zero-order chi connectivity index (χ0) is 12.9. The van der Waals surface area contributed by atoms with Crippen LogP contribution in [0.1, 0.15) is 19.3 Å². The van der Waals surface area contributed by atoms with Gasteiger partial charge in [0, 0.05) is 19.6 Å². The van der Waals surface area contributed by atoms with Crippen LogP contribution >= 0.6 is 0 Å². The molecule has 2 N–H and O–H groups in total. The summed E-state index contributed by atoms with van der Waals surface area (Å²) in [5.74, 6) is -0.0903. The summed E-state index contributed by atoms with van der Waals surface area (Å²) in [7, 11) is 0. The van der Waals surface area contributed by atoms with Crippen LogP contribution in [0.3, 0.4) is 0 Å². The molecular weight excluding hydrogens is 220 g/mol. The molecular formula is C11H18N4O2. The van der Waals surface area contributed by atoms with Crippen molar-refractivity contribution in [2.75, 3.05) is 32.8 Å². The highest BCUT2D eigenvalue weighted by Crippen LogP contribution is 1.99. The van der Waals surface area contributed by atoms with Crippen LogP contribution in [-0.4, -0.2) is 43.7 Å². The molecule has 94 valence electrons. The summed E-state index contributed by atoms with van der Waals surface area (Å²) in [4.78, 5) is 13.2. The smallest absolute Gasteiger partial charge is 0.224 e. The van der Waals surface area contributed by atoms with Gasteiger partial charge in [-0.1, -0.05) is 0 Å². The lowest BCUT2D eigenvalue weighted by molar-refractivity contribution is -0.132. The lowest BCUT2D eigenvalue weighted by Gasteiger charge is -2.20. The molecule has 0 radical (unpaired) electrons. The number of nitrogens with zero attached hydrogens (tertiary/aromatic N) is 3. The minimum atomic E-state index is -0.0903. The molecule has 0 aromatic carbocycles. The molecule has 0 aromatic rings. The molecule has 0 spiro atoms. The van der Waals surface area contributed by atoms with Gasteiger partial charge < -0.3 is 15.4 Å². The molecule has 0 atom stereocenters.